The van der Waals surface area contributed by atoms with Crippen LogP contribution in [0.5, 0.6) is 11.6 Å². The number of carbonyl (C=O) groups is 1. The molecule has 0 spiro atoms. The predicted molar refractivity (Wildman–Crippen MR) is 152 cm³/mol. The van der Waals surface area contributed by atoms with Gasteiger partial charge >= 0.3 is 5.97 Å². The highest BCUT2D eigenvalue weighted by molar-refractivity contribution is 5.89. The van der Waals surface area contributed by atoms with Gasteiger partial charge in [-0.1, -0.05) is 60.7 Å². The summed E-state index contributed by atoms with van der Waals surface area (Å²) in [6.07, 6.45) is 0.816. The van der Waals surface area contributed by atoms with Crippen molar-refractivity contribution in [3.8, 4) is 11.6 Å². The van der Waals surface area contributed by atoms with Gasteiger partial charge in [0.15, 0.2) is 0 Å². The number of aryl methyl sites for hydroxylation is 2. The Labute approximate surface area is 229 Å². The summed E-state index contributed by atoms with van der Waals surface area (Å²) in [4.78, 5) is 24.1. The smallest absolute Gasteiger partial charge is 0.338 e. The second-order valence-corrected chi connectivity index (χ2v) is 9.82. The zero-order valence-electron chi connectivity index (χ0n) is 22.7. The molecule has 200 valence electrons. The van der Waals surface area contributed by atoms with Gasteiger partial charge in [0.05, 0.1) is 23.4 Å². The number of nitrogens with zero attached hydrogens (tertiary/aromatic N) is 3. The number of carbonyl (C=O) groups excluding carboxylic acids is 1. The van der Waals surface area contributed by atoms with Crippen LogP contribution < -0.4 is 10.1 Å². The molecule has 0 fully saturated rings. The average molecular weight is 523 g/mol. The van der Waals surface area contributed by atoms with E-state index in [1.807, 2.05) is 24.3 Å². The Morgan fingerprint density at radius 2 is 1.67 bits per heavy atom. The van der Waals surface area contributed by atoms with Gasteiger partial charge in [0.25, 0.3) is 0 Å². The fourth-order valence-corrected chi connectivity index (χ4v) is 4.79. The highest BCUT2D eigenvalue weighted by Crippen LogP contribution is 2.34. The van der Waals surface area contributed by atoms with Crippen molar-refractivity contribution in [1.82, 2.24) is 14.9 Å². The largest absolute Gasteiger partial charge is 0.462 e. The van der Waals surface area contributed by atoms with Gasteiger partial charge in [0, 0.05) is 32.6 Å². The monoisotopic (exact) mass is 522 g/mol. The highest BCUT2D eigenvalue weighted by atomic mass is 16.5. The molecule has 4 aromatic rings. The summed E-state index contributed by atoms with van der Waals surface area (Å²) >= 11 is 0. The van der Waals surface area contributed by atoms with Gasteiger partial charge in [-0.2, -0.15) is 4.98 Å². The maximum atomic E-state index is 12.0. The lowest BCUT2D eigenvalue weighted by molar-refractivity contribution is 0.0526. The number of rotatable bonds is 9. The topological polar surface area (TPSA) is 76.6 Å². The maximum absolute atomic E-state index is 12.0. The van der Waals surface area contributed by atoms with E-state index in [0.717, 1.165) is 59.8 Å². The van der Waals surface area contributed by atoms with Crippen molar-refractivity contribution in [2.24, 2.45) is 0 Å². The molecule has 0 unspecified atom stereocenters. The number of nitrogens with one attached hydrogen (secondary N) is 1. The number of benzene rings is 3. The minimum absolute atomic E-state index is 0.315. The molecule has 1 aliphatic rings. The minimum atomic E-state index is -0.315. The van der Waals surface area contributed by atoms with Gasteiger partial charge in [-0.25, -0.2) is 9.78 Å². The number of esters is 1. The molecule has 5 rings (SSSR count). The number of para-hydroxylation sites is 1. The fourth-order valence-electron chi connectivity index (χ4n) is 4.79. The third kappa shape index (κ3) is 6.44. The molecule has 39 heavy (non-hydrogen) atoms. The fraction of sp³-hybridized carbons (Fsp3) is 0.281. The zero-order chi connectivity index (χ0) is 27.2. The molecule has 7 heteroatoms. The van der Waals surface area contributed by atoms with Gasteiger partial charge in [-0.3, -0.25) is 4.90 Å². The molecule has 0 saturated heterocycles. The molecule has 2 heterocycles. The summed E-state index contributed by atoms with van der Waals surface area (Å²) in [5.41, 5.74) is 7.00. The summed E-state index contributed by atoms with van der Waals surface area (Å²) in [6, 6.07) is 24.0. The number of hydrogen-bond acceptors (Lipinski definition) is 7. The molecule has 0 saturated carbocycles. The second kappa shape index (κ2) is 12.1. The van der Waals surface area contributed by atoms with E-state index < -0.39 is 0 Å². The first-order valence-corrected chi connectivity index (χ1v) is 13.4. The van der Waals surface area contributed by atoms with Crippen molar-refractivity contribution < 1.29 is 14.3 Å². The third-order valence-electron chi connectivity index (χ3n) is 6.87. The van der Waals surface area contributed by atoms with Crippen molar-refractivity contribution >= 4 is 11.9 Å². The van der Waals surface area contributed by atoms with Gasteiger partial charge in [0.1, 0.15) is 5.75 Å². The van der Waals surface area contributed by atoms with Gasteiger partial charge in [-0.05, 0) is 55.2 Å². The molecule has 1 aliphatic heterocycles. The van der Waals surface area contributed by atoms with Crippen LogP contribution in [0.4, 0.5) is 5.95 Å². The molecule has 0 radical (unpaired) electrons. The average Bonchev–Trinajstić information content (AvgIpc) is 2.95. The van der Waals surface area contributed by atoms with E-state index in [9.17, 15) is 4.79 Å². The lowest BCUT2D eigenvalue weighted by Gasteiger charge is -2.29. The third-order valence-corrected chi connectivity index (χ3v) is 6.87. The van der Waals surface area contributed by atoms with Crippen LogP contribution in [0, 0.1) is 13.8 Å². The van der Waals surface area contributed by atoms with E-state index in [2.05, 4.69) is 60.5 Å². The van der Waals surface area contributed by atoms with Gasteiger partial charge in [0.2, 0.25) is 11.8 Å². The van der Waals surface area contributed by atoms with Gasteiger partial charge in [-0.15, -0.1) is 0 Å². The Balaban J connectivity index is 1.39. The molecule has 7 nitrogen and oxygen atoms in total. The zero-order valence-corrected chi connectivity index (χ0v) is 22.7. The number of fused-ring (bicyclic) bond motifs is 1. The Kier molecular flexibility index (Phi) is 8.18. The molecular formula is C32H34N4O3. The van der Waals surface area contributed by atoms with Crippen molar-refractivity contribution in [2.75, 3.05) is 18.5 Å². The second-order valence-electron chi connectivity index (χ2n) is 9.82. The molecular weight excluding hydrogens is 488 g/mol. The van der Waals surface area contributed by atoms with Crippen molar-refractivity contribution in [3.05, 3.63) is 112 Å². The number of aromatic nitrogens is 2. The predicted octanol–water partition coefficient (Wildman–Crippen LogP) is 6.23. The molecule has 1 N–H and O–H groups in total. The molecule has 1 aromatic heterocycles. The lowest BCUT2D eigenvalue weighted by atomic mass is 10.1. The van der Waals surface area contributed by atoms with E-state index >= 15 is 0 Å². The SMILES string of the molecule is CCOC(=O)c1ccc(CNc2nc3c(c(Oc4c(C)cccc4C)n2)CN(Cc2ccccc2)CC3)cc1. The van der Waals surface area contributed by atoms with Crippen LogP contribution in [-0.4, -0.2) is 34.0 Å². The minimum Gasteiger partial charge on any atom is -0.462 e. The molecule has 3 aromatic carbocycles. The summed E-state index contributed by atoms with van der Waals surface area (Å²) in [5.74, 6) is 1.64. The first-order valence-electron chi connectivity index (χ1n) is 13.4. The number of anilines is 1. The summed E-state index contributed by atoms with van der Waals surface area (Å²) < 4.78 is 11.6. The van der Waals surface area contributed by atoms with Crippen LogP contribution in [0.3, 0.4) is 0 Å². The molecule has 0 amide bonds. The highest BCUT2D eigenvalue weighted by Gasteiger charge is 2.25. The van der Waals surface area contributed by atoms with Crippen LogP contribution in [-0.2, 0) is 30.8 Å². The first-order chi connectivity index (χ1) is 19.0. The quantitative estimate of drug-likeness (QED) is 0.261. The summed E-state index contributed by atoms with van der Waals surface area (Å²) in [7, 11) is 0. The molecule has 0 bridgehead atoms. The Morgan fingerprint density at radius 1 is 0.923 bits per heavy atom. The first kappa shape index (κ1) is 26.4. The molecule has 0 atom stereocenters. The van der Waals surface area contributed by atoms with E-state index in [1.165, 1.54) is 5.56 Å². The molecule has 0 aliphatic carbocycles. The van der Waals surface area contributed by atoms with Crippen molar-refractivity contribution in [1.29, 1.82) is 0 Å². The standard InChI is InChI=1S/C32H34N4O3/c1-4-38-31(37)26-15-13-24(14-16-26)19-33-32-34-28-17-18-36(20-25-11-6-5-7-12-25)21-27(28)30(35-32)39-29-22(2)9-8-10-23(29)3/h5-16H,4,17-21H2,1-3H3,(H,33,34,35). The number of hydrogen-bond donors (Lipinski definition) is 1. The summed E-state index contributed by atoms with van der Waals surface area (Å²) in [6.45, 7) is 9.28. The maximum Gasteiger partial charge on any atom is 0.338 e. The summed E-state index contributed by atoms with van der Waals surface area (Å²) in [5, 5.41) is 3.36. The van der Waals surface area contributed by atoms with E-state index in [1.54, 1.807) is 19.1 Å². The Morgan fingerprint density at radius 3 is 2.38 bits per heavy atom. The lowest BCUT2D eigenvalue weighted by Crippen LogP contribution is -2.31. The normalized spacial score (nSPS) is 13.0. The Hall–Kier alpha value is -4.23. The van der Waals surface area contributed by atoms with Crippen LogP contribution >= 0.6 is 0 Å². The van der Waals surface area contributed by atoms with E-state index in [0.29, 0.717) is 30.5 Å². The van der Waals surface area contributed by atoms with Crippen LogP contribution in [0.15, 0.2) is 72.8 Å². The van der Waals surface area contributed by atoms with Crippen molar-refractivity contribution in [2.45, 2.75) is 46.8 Å². The number of ether oxygens (including phenoxy) is 2. The van der Waals surface area contributed by atoms with Crippen LogP contribution in [0.25, 0.3) is 0 Å². The van der Waals surface area contributed by atoms with Crippen LogP contribution in [0.2, 0.25) is 0 Å². The van der Waals surface area contributed by atoms with E-state index in [-0.39, 0.29) is 5.97 Å². The van der Waals surface area contributed by atoms with Crippen molar-refractivity contribution in [3.63, 3.8) is 0 Å². The van der Waals surface area contributed by atoms with E-state index in [4.69, 9.17) is 19.4 Å². The van der Waals surface area contributed by atoms with Gasteiger partial charge < -0.3 is 14.8 Å². The van der Waals surface area contributed by atoms with Crippen LogP contribution in [0.1, 0.15) is 50.8 Å². The Bertz CT molecular complexity index is 1420.